The van der Waals surface area contributed by atoms with E-state index in [-0.39, 0.29) is 37.5 Å². The summed E-state index contributed by atoms with van der Waals surface area (Å²) in [4.78, 5) is 90.6. The number of benzene rings is 1. The van der Waals surface area contributed by atoms with Crippen molar-refractivity contribution in [2.24, 2.45) is 5.73 Å². The van der Waals surface area contributed by atoms with Gasteiger partial charge < -0.3 is 42.4 Å². The van der Waals surface area contributed by atoms with E-state index < -0.39 is 60.2 Å². The lowest BCUT2D eigenvalue weighted by Gasteiger charge is -2.25. The van der Waals surface area contributed by atoms with E-state index in [4.69, 9.17) is 5.73 Å². The number of hydrogen-bond acceptors (Lipinski definition) is 7. The van der Waals surface area contributed by atoms with Crippen LogP contribution in [0.2, 0.25) is 0 Å². The molecule has 15 nitrogen and oxygen atoms in total. The number of carboxylic acid groups (broad SMARTS) is 1. The Kier molecular flexibility index (Phi) is 15.5. The van der Waals surface area contributed by atoms with Crippen molar-refractivity contribution in [2.45, 2.75) is 115 Å². The van der Waals surface area contributed by atoms with E-state index >= 15 is 0 Å². The third-order valence-electron chi connectivity index (χ3n) is 8.45. The van der Waals surface area contributed by atoms with Gasteiger partial charge in [-0.1, -0.05) is 50.8 Å². The fourth-order valence-electron chi connectivity index (χ4n) is 5.70. The molecule has 1 saturated heterocycles. The molecule has 268 valence electrons. The van der Waals surface area contributed by atoms with Gasteiger partial charge in [0.25, 0.3) is 0 Å². The summed E-state index contributed by atoms with van der Waals surface area (Å²) in [6, 6.07) is 2.38. The zero-order valence-electron chi connectivity index (χ0n) is 28.0. The second-order valence-electron chi connectivity index (χ2n) is 12.4. The summed E-state index contributed by atoms with van der Waals surface area (Å²) in [5.74, 6) is -4.87. The minimum absolute atomic E-state index is 0.0470. The van der Waals surface area contributed by atoms with Crippen molar-refractivity contribution in [3.8, 4) is 0 Å². The number of aromatic amines is 1. The van der Waals surface area contributed by atoms with Gasteiger partial charge in [-0.3, -0.25) is 28.8 Å². The summed E-state index contributed by atoms with van der Waals surface area (Å²) >= 11 is 0. The lowest BCUT2D eigenvalue weighted by Crippen LogP contribution is -2.58. The van der Waals surface area contributed by atoms with Crippen molar-refractivity contribution in [2.75, 3.05) is 6.54 Å². The number of carbonyl (C=O) groups is 7. The van der Waals surface area contributed by atoms with Crippen LogP contribution in [-0.4, -0.2) is 82.2 Å². The van der Waals surface area contributed by atoms with Gasteiger partial charge in [-0.15, -0.1) is 0 Å². The number of H-pyrrole nitrogens is 1. The molecule has 9 N–H and O–H groups in total. The molecule has 0 aliphatic carbocycles. The van der Waals surface area contributed by atoms with Gasteiger partial charge in [-0.05, 0) is 43.7 Å². The van der Waals surface area contributed by atoms with Crippen molar-refractivity contribution < 1.29 is 38.7 Å². The number of fused-ring (bicyclic) bond motifs is 1. The molecule has 0 saturated carbocycles. The number of rotatable bonds is 22. The Morgan fingerprint density at radius 1 is 0.918 bits per heavy atom. The Bertz CT molecular complexity index is 1480. The molecule has 1 aliphatic heterocycles. The quantitative estimate of drug-likeness (QED) is 0.0832. The zero-order valence-corrected chi connectivity index (χ0v) is 28.0. The Balaban J connectivity index is 1.65. The number of hydrogen-bond donors (Lipinski definition) is 8. The standard InChI is InChI=1S/C34H49N7O8/c1-2-3-4-5-6-14-29(43)36-17-10-9-13-25(34(48)49)39-32(46)26(18-21-20-37-23-12-8-7-11-22(21)23)40-33(47)27(19-28(35)42)41-31(45)24-15-16-30(44)38-24/h7-8,11-12,20,24-27,37H,2-6,9-10,13-19H2,1H3,(H2,35,42)(H,36,43)(H,38,44)(H,39,46)(H,40,47)(H,41,45)(H,48,49)/t24-,25-,26-,27-/m0/s1. The SMILES string of the molecule is CCCCCCCC(=O)NCCCC[C@H](NC(=O)[C@H](Cc1c[nH]c2ccccc12)NC(=O)[C@H](CC(N)=O)NC(=O)[C@@H]1CCC(=O)N1)C(=O)O. The third kappa shape index (κ3) is 12.9. The molecule has 1 aliphatic rings. The number of carboxylic acids is 1. The van der Waals surface area contributed by atoms with Crippen LogP contribution in [0.5, 0.6) is 0 Å². The molecule has 1 aromatic carbocycles. The highest BCUT2D eigenvalue weighted by Crippen LogP contribution is 2.19. The van der Waals surface area contributed by atoms with Crippen molar-refractivity contribution >= 4 is 52.3 Å². The molecule has 0 spiro atoms. The predicted molar refractivity (Wildman–Crippen MR) is 181 cm³/mol. The number of aromatic nitrogens is 1. The average molecular weight is 684 g/mol. The molecule has 6 amide bonds. The smallest absolute Gasteiger partial charge is 0.326 e. The van der Waals surface area contributed by atoms with E-state index in [1.54, 1.807) is 6.20 Å². The lowest BCUT2D eigenvalue weighted by molar-refractivity contribution is -0.142. The van der Waals surface area contributed by atoms with Gasteiger partial charge in [0.2, 0.25) is 35.4 Å². The maximum absolute atomic E-state index is 13.6. The van der Waals surface area contributed by atoms with Gasteiger partial charge in [-0.25, -0.2) is 4.79 Å². The Labute approximate surface area is 285 Å². The monoisotopic (exact) mass is 683 g/mol. The number of nitrogens with two attached hydrogens (primary N) is 1. The maximum atomic E-state index is 13.6. The summed E-state index contributed by atoms with van der Waals surface area (Å²) in [5, 5.41) is 23.5. The van der Waals surface area contributed by atoms with Crippen LogP contribution in [-0.2, 0) is 40.0 Å². The average Bonchev–Trinajstić information content (AvgIpc) is 3.69. The molecule has 3 rings (SSSR count). The van der Waals surface area contributed by atoms with Crippen molar-refractivity contribution in [3.05, 3.63) is 36.0 Å². The van der Waals surface area contributed by atoms with E-state index in [0.717, 1.165) is 43.0 Å². The lowest BCUT2D eigenvalue weighted by atomic mass is 10.0. The summed E-state index contributed by atoms with van der Waals surface area (Å²) in [6.07, 6.45) is 8.04. The molecule has 1 fully saturated rings. The number of unbranched alkanes of at least 4 members (excludes halogenated alkanes) is 5. The van der Waals surface area contributed by atoms with Crippen LogP contribution < -0.4 is 32.3 Å². The molecule has 15 heteroatoms. The molecule has 0 unspecified atom stereocenters. The topological polar surface area (TPSA) is 242 Å². The minimum Gasteiger partial charge on any atom is -0.480 e. The van der Waals surface area contributed by atoms with E-state index in [1.165, 1.54) is 0 Å². The van der Waals surface area contributed by atoms with Crippen LogP contribution in [0, 0.1) is 0 Å². The van der Waals surface area contributed by atoms with E-state index in [1.807, 2.05) is 24.3 Å². The summed E-state index contributed by atoms with van der Waals surface area (Å²) < 4.78 is 0. The first kappa shape index (κ1) is 38.5. The van der Waals surface area contributed by atoms with Gasteiger partial charge in [0.15, 0.2) is 0 Å². The first-order valence-corrected chi connectivity index (χ1v) is 17.0. The van der Waals surface area contributed by atoms with Crippen LogP contribution in [0.3, 0.4) is 0 Å². The van der Waals surface area contributed by atoms with Crippen molar-refractivity contribution in [1.82, 2.24) is 31.6 Å². The highest BCUT2D eigenvalue weighted by molar-refractivity contribution is 5.98. The highest BCUT2D eigenvalue weighted by Gasteiger charge is 2.34. The fourth-order valence-corrected chi connectivity index (χ4v) is 5.70. The Hall–Kier alpha value is -4.95. The first-order valence-electron chi connectivity index (χ1n) is 17.0. The molecule has 0 radical (unpaired) electrons. The van der Waals surface area contributed by atoms with Gasteiger partial charge in [0, 0.05) is 42.9 Å². The number of para-hydroxylation sites is 1. The van der Waals surface area contributed by atoms with Crippen LogP contribution in [0.4, 0.5) is 0 Å². The number of primary amides is 1. The van der Waals surface area contributed by atoms with Crippen molar-refractivity contribution in [1.29, 1.82) is 0 Å². The zero-order chi connectivity index (χ0) is 35.8. The number of amides is 6. The third-order valence-corrected chi connectivity index (χ3v) is 8.45. The van der Waals surface area contributed by atoms with Gasteiger partial charge in [0.05, 0.1) is 6.42 Å². The molecule has 2 heterocycles. The molecule has 0 bridgehead atoms. The summed E-state index contributed by atoms with van der Waals surface area (Å²) in [6.45, 7) is 2.51. The molecule has 4 atom stereocenters. The number of nitrogens with one attached hydrogen (secondary N) is 6. The van der Waals surface area contributed by atoms with E-state index in [2.05, 4.69) is 38.5 Å². The van der Waals surface area contributed by atoms with E-state index in [9.17, 15) is 38.7 Å². The molecule has 49 heavy (non-hydrogen) atoms. The van der Waals surface area contributed by atoms with Gasteiger partial charge >= 0.3 is 5.97 Å². The number of aliphatic carboxylic acids is 1. The minimum atomic E-state index is -1.46. The fraction of sp³-hybridized carbons (Fsp3) is 0.559. The molecule has 2 aromatic rings. The van der Waals surface area contributed by atoms with Gasteiger partial charge in [0.1, 0.15) is 24.2 Å². The molecular weight excluding hydrogens is 634 g/mol. The summed E-state index contributed by atoms with van der Waals surface area (Å²) in [7, 11) is 0. The van der Waals surface area contributed by atoms with Crippen LogP contribution in [0.25, 0.3) is 10.9 Å². The largest absolute Gasteiger partial charge is 0.480 e. The van der Waals surface area contributed by atoms with Crippen molar-refractivity contribution in [3.63, 3.8) is 0 Å². The van der Waals surface area contributed by atoms with Crippen LogP contribution in [0.1, 0.15) is 89.5 Å². The number of carbonyl (C=O) groups excluding carboxylic acids is 6. The molecular formula is C34H49N7O8. The first-order chi connectivity index (χ1) is 23.5. The highest BCUT2D eigenvalue weighted by atomic mass is 16.4. The summed E-state index contributed by atoms with van der Waals surface area (Å²) in [5.41, 5.74) is 6.80. The van der Waals surface area contributed by atoms with Gasteiger partial charge in [-0.2, -0.15) is 0 Å². The second kappa shape index (κ2) is 19.8. The van der Waals surface area contributed by atoms with Crippen LogP contribution in [0.15, 0.2) is 30.5 Å². The Morgan fingerprint density at radius 2 is 1.63 bits per heavy atom. The normalized spacial score (nSPS) is 15.9. The van der Waals surface area contributed by atoms with Crippen LogP contribution >= 0.6 is 0 Å². The Morgan fingerprint density at radius 3 is 2.33 bits per heavy atom. The predicted octanol–water partition coefficient (Wildman–Crippen LogP) is 1.05. The molecule has 1 aromatic heterocycles. The second-order valence-corrected chi connectivity index (χ2v) is 12.4. The maximum Gasteiger partial charge on any atom is 0.326 e. The van der Waals surface area contributed by atoms with E-state index in [0.29, 0.717) is 31.4 Å².